The molecule has 0 saturated carbocycles. The van der Waals surface area contributed by atoms with Gasteiger partial charge >= 0.3 is 0 Å². The van der Waals surface area contributed by atoms with Crippen molar-refractivity contribution in [3.05, 3.63) is 145 Å². The van der Waals surface area contributed by atoms with Crippen LogP contribution >= 0.6 is 0 Å². The van der Waals surface area contributed by atoms with Gasteiger partial charge in [-0.05, 0) is 72.6 Å². The fourth-order valence-electron chi connectivity index (χ4n) is 6.20. The molecule has 0 bridgehead atoms. The number of hydrogen-bond donors (Lipinski definition) is 0. The highest BCUT2D eigenvalue weighted by Gasteiger charge is 2.24. The minimum Gasteiger partial charge on any atom is -0.309 e. The summed E-state index contributed by atoms with van der Waals surface area (Å²) in [5.41, 5.74) is 7.89. The van der Waals surface area contributed by atoms with Crippen molar-refractivity contribution in [3.8, 4) is 16.8 Å². The van der Waals surface area contributed by atoms with Crippen molar-refractivity contribution in [2.75, 3.05) is 0 Å². The van der Waals surface area contributed by atoms with Crippen LogP contribution in [0.1, 0.15) is 5.56 Å². The highest BCUT2D eigenvalue weighted by molar-refractivity contribution is 7.90. The summed E-state index contributed by atoms with van der Waals surface area (Å²) in [6.45, 7) is 1.95. The maximum absolute atomic E-state index is 14.0. The van der Waals surface area contributed by atoms with E-state index >= 15 is 0 Å². The molecule has 0 fully saturated rings. The van der Waals surface area contributed by atoms with Gasteiger partial charge in [-0.3, -0.25) is 0 Å². The normalized spacial score (nSPS) is 12.1. The van der Waals surface area contributed by atoms with E-state index in [1.54, 1.807) is 12.1 Å². The van der Waals surface area contributed by atoms with Crippen LogP contribution in [0, 0.1) is 6.92 Å². The van der Waals surface area contributed by atoms with Gasteiger partial charge in [-0.2, -0.15) is 0 Å². The Hall–Kier alpha value is -5.13. The number of hydrogen-bond acceptors (Lipinski definition) is 2. The van der Waals surface area contributed by atoms with Gasteiger partial charge in [-0.15, -0.1) is 0 Å². The van der Waals surface area contributed by atoms with E-state index < -0.39 is 10.0 Å². The second-order valence-electron chi connectivity index (χ2n) is 10.8. The zero-order valence-corrected chi connectivity index (χ0v) is 23.7. The van der Waals surface area contributed by atoms with E-state index in [2.05, 4.69) is 77.4 Å². The summed E-state index contributed by atoms with van der Waals surface area (Å²) in [6.07, 6.45) is 0. The molecular formula is C37H26N2O2S. The molecule has 202 valence electrons. The quantitative estimate of drug-likeness (QED) is 0.215. The highest BCUT2D eigenvalue weighted by Crippen LogP contribution is 2.38. The zero-order valence-electron chi connectivity index (χ0n) is 22.9. The molecule has 0 spiro atoms. The van der Waals surface area contributed by atoms with E-state index in [0.717, 1.165) is 33.1 Å². The highest BCUT2D eigenvalue weighted by atomic mass is 32.2. The first-order valence-electron chi connectivity index (χ1n) is 14.0. The minimum atomic E-state index is -3.82. The predicted molar refractivity (Wildman–Crippen MR) is 173 cm³/mol. The van der Waals surface area contributed by atoms with Gasteiger partial charge in [0.15, 0.2) is 0 Å². The molecule has 0 amide bonds. The topological polar surface area (TPSA) is 44.0 Å². The lowest BCUT2D eigenvalue weighted by Gasteiger charge is -2.11. The Balaban J connectivity index is 1.39. The van der Waals surface area contributed by atoms with Crippen molar-refractivity contribution in [2.45, 2.75) is 11.8 Å². The lowest BCUT2D eigenvalue weighted by atomic mass is 10.0. The van der Waals surface area contributed by atoms with Gasteiger partial charge in [0.25, 0.3) is 10.0 Å². The van der Waals surface area contributed by atoms with Crippen LogP contribution in [0.25, 0.3) is 60.4 Å². The van der Waals surface area contributed by atoms with Gasteiger partial charge in [0.2, 0.25) is 0 Å². The molecule has 4 nitrogen and oxygen atoms in total. The van der Waals surface area contributed by atoms with E-state index in [4.69, 9.17) is 0 Å². The van der Waals surface area contributed by atoms with E-state index in [1.165, 1.54) is 25.9 Å². The third-order valence-electron chi connectivity index (χ3n) is 8.21. The molecule has 0 aliphatic heterocycles. The van der Waals surface area contributed by atoms with Gasteiger partial charge in [-0.1, -0.05) is 90.5 Å². The van der Waals surface area contributed by atoms with E-state index in [0.29, 0.717) is 11.0 Å². The van der Waals surface area contributed by atoms with E-state index in [1.807, 2.05) is 61.5 Å². The maximum Gasteiger partial charge on any atom is 0.268 e. The molecule has 42 heavy (non-hydrogen) atoms. The van der Waals surface area contributed by atoms with Crippen LogP contribution in [0.3, 0.4) is 0 Å². The molecule has 0 unspecified atom stereocenters. The summed E-state index contributed by atoms with van der Waals surface area (Å²) in [5.74, 6) is 0. The molecule has 8 rings (SSSR count). The SMILES string of the molecule is Cc1ccc(S(=O)(=O)n2c3ccccc3c3cc(-n4c5ccccc5c5cc(-c6ccccc6)ccc54)ccc32)cc1. The monoisotopic (exact) mass is 562 g/mol. The Kier molecular flexibility index (Phi) is 5.40. The van der Waals surface area contributed by atoms with Gasteiger partial charge in [-0.25, -0.2) is 12.4 Å². The summed E-state index contributed by atoms with van der Waals surface area (Å²) < 4.78 is 31.8. The van der Waals surface area contributed by atoms with Gasteiger partial charge in [0.1, 0.15) is 0 Å². The Bertz CT molecular complexity index is 2420. The van der Waals surface area contributed by atoms with E-state index in [9.17, 15) is 8.42 Å². The Labute approximate surface area is 243 Å². The van der Waals surface area contributed by atoms with Crippen molar-refractivity contribution in [1.82, 2.24) is 8.54 Å². The van der Waals surface area contributed by atoms with E-state index in [-0.39, 0.29) is 4.90 Å². The molecule has 2 aromatic heterocycles. The number of benzene rings is 6. The lowest BCUT2D eigenvalue weighted by molar-refractivity contribution is 0.590. The van der Waals surface area contributed by atoms with Gasteiger partial charge in [0.05, 0.1) is 27.0 Å². The lowest BCUT2D eigenvalue weighted by Crippen LogP contribution is -2.12. The zero-order chi connectivity index (χ0) is 28.4. The second-order valence-corrected chi connectivity index (χ2v) is 12.5. The van der Waals surface area contributed by atoms with Crippen LogP contribution in [0.2, 0.25) is 0 Å². The average molecular weight is 563 g/mol. The molecule has 8 aromatic rings. The van der Waals surface area contributed by atoms with Crippen molar-refractivity contribution in [1.29, 1.82) is 0 Å². The Morgan fingerprint density at radius 2 is 1.05 bits per heavy atom. The van der Waals surface area contributed by atoms with Crippen molar-refractivity contribution in [2.24, 2.45) is 0 Å². The summed E-state index contributed by atoms with van der Waals surface area (Å²) in [5, 5.41) is 4.15. The van der Waals surface area contributed by atoms with Crippen LogP contribution in [0.15, 0.2) is 144 Å². The van der Waals surface area contributed by atoms with Gasteiger partial charge < -0.3 is 4.57 Å². The van der Waals surface area contributed by atoms with Crippen LogP contribution in [0.4, 0.5) is 0 Å². The third-order valence-corrected chi connectivity index (χ3v) is 9.95. The first kappa shape index (κ1) is 24.6. The molecule has 0 radical (unpaired) electrons. The summed E-state index contributed by atoms with van der Waals surface area (Å²) >= 11 is 0. The molecule has 6 aromatic carbocycles. The fraction of sp³-hybridized carbons (Fsp3) is 0.0270. The number of fused-ring (bicyclic) bond motifs is 6. The number of aromatic nitrogens is 2. The average Bonchev–Trinajstić information content (AvgIpc) is 3.54. The molecule has 0 aliphatic rings. The van der Waals surface area contributed by atoms with Crippen molar-refractivity contribution < 1.29 is 8.42 Å². The number of rotatable bonds is 4. The Morgan fingerprint density at radius 1 is 0.476 bits per heavy atom. The second kappa shape index (κ2) is 9.20. The minimum absolute atomic E-state index is 0.274. The standard InChI is InChI=1S/C37H26N2O2S/c1-25-15-19-29(20-16-25)42(40,41)39-36-14-8-6-12-31(36)33-24-28(18-22-37(33)39)38-34-13-7-5-11-30(34)32-23-27(17-21-35(32)38)26-9-3-2-4-10-26/h2-24H,1H3. The van der Waals surface area contributed by atoms with Crippen LogP contribution < -0.4 is 0 Å². The van der Waals surface area contributed by atoms with Crippen molar-refractivity contribution in [3.63, 3.8) is 0 Å². The third kappa shape index (κ3) is 3.64. The van der Waals surface area contributed by atoms with Crippen LogP contribution in [-0.4, -0.2) is 17.0 Å². The fourth-order valence-corrected chi connectivity index (χ4v) is 7.73. The predicted octanol–water partition coefficient (Wildman–Crippen LogP) is 9.10. The summed E-state index contributed by atoms with van der Waals surface area (Å²) in [6, 6.07) is 46.4. The smallest absolute Gasteiger partial charge is 0.268 e. The maximum atomic E-state index is 14.0. The first-order chi connectivity index (χ1) is 20.5. The first-order valence-corrected chi connectivity index (χ1v) is 15.4. The molecule has 5 heteroatoms. The molecule has 2 heterocycles. The largest absolute Gasteiger partial charge is 0.309 e. The molecule has 0 N–H and O–H groups in total. The number of para-hydroxylation sites is 2. The summed E-state index contributed by atoms with van der Waals surface area (Å²) in [7, 11) is -3.82. The Morgan fingerprint density at radius 3 is 1.81 bits per heavy atom. The van der Waals surface area contributed by atoms with Crippen LogP contribution in [-0.2, 0) is 10.0 Å². The van der Waals surface area contributed by atoms with Crippen LogP contribution in [0.5, 0.6) is 0 Å². The molecule has 0 atom stereocenters. The van der Waals surface area contributed by atoms with Gasteiger partial charge in [0, 0.05) is 27.2 Å². The molecular weight excluding hydrogens is 536 g/mol. The summed E-state index contributed by atoms with van der Waals surface area (Å²) in [4.78, 5) is 0.274. The number of aryl methyl sites for hydroxylation is 1. The van der Waals surface area contributed by atoms with Crippen molar-refractivity contribution >= 4 is 53.6 Å². The molecule has 0 aliphatic carbocycles. The molecule has 0 saturated heterocycles. The number of nitrogens with zero attached hydrogens (tertiary/aromatic N) is 2.